The summed E-state index contributed by atoms with van der Waals surface area (Å²) in [4.78, 5) is 23.4. The molecule has 18 heavy (non-hydrogen) atoms. The molecule has 6 atom stereocenters. The SMILES string of the molecule is C=C(C)C(=O)OC1C2OC(=O)C3(N)CC1[C@H](C)C23. The molecule has 2 saturated carbocycles. The molecule has 5 nitrogen and oxygen atoms in total. The van der Waals surface area contributed by atoms with Gasteiger partial charge in [-0.15, -0.1) is 0 Å². The molecule has 0 amide bonds. The number of carbonyl (C=O) groups excluding carboxylic acids is 2. The second-order valence-corrected chi connectivity index (χ2v) is 5.81. The number of hydrogen-bond donors (Lipinski definition) is 1. The molecular weight excluding hydrogens is 234 g/mol. The smallest absolute Gasteiger partial charge is 0.333 e. The van der Waals surface area contributed by atoms with Gasteiger partial charge in [0.25, 0.3) is 0 Å². The first-order valence-corrected chi connectivity index (χ1v) is 6.22. The molecule has 2 bridgehead atoms. The molecule has 5 heteroatoms. The van der Waals surface area contributed by atoms with E-state index in [-0.39, 0.29) is 35.9 Å². The molecule has 1 aliphatic heterocycles. The molecule has 3 fully saturated rings. The maximum Gasteiger partial charge on any atom is 0.333 e. The molecule has 5 unspecified atom stereocenters. The van der Waals surface area contributed by atoms with Gasteiger partial charge in [0.15, 0.2) is 0 Å². The van der Waals surface area contributed by atoms with Crippen molar-refractivity contribution in [1.29, 1.82) is 0 Å². The molecule has 1 saturated heterocycles. The van der Waals surface area contributed by atoms with Gasteiger partial charge >= 0.3 is 11.9 Å². The van der Waals surface area contributed by atoms with Crippen molar-refractivity contribution in [3.8, 4) is 0 Å². The van der Waals surface area contributed by atoms with Gasteiger partial charge in [0.2, 0.25) is 0 Å². The van der Waals surface area contributed by atoms with Crippen LogP contribution in [0.1, 0.15) is 20.3 Å². The van der Waals surface area contributed by atoms with E-state index in [0.29, 0.717) is 12.0 Å². The fraction of sp³-hybridized carbons (Fsp3) is 0.692. The molecule has 0 aromatic heterocycles. The van der Waals surface area contributed by atoms with E-state index in [1.54, 1.807) is 6.92 Å². The Labute approximate surface area is 105 Å². The summed E-state index contributed by atoms with van der Waals surface area (Å²) in [6.45, 7) is 7.21. The van der Waals surface area contributed by atoms with Crippen LogP contribution in [0.2, 0.25) is 0 Å². The van der Waals surface area contributed by atoms with Gasteiger partial charge in [-0.1, -0.05) is 13.5 Å². The summed E-state index contributed by atoms with van der Waals surface area (Å²) in [7, 11) is 0. The number of nitrogens with two attached hydrogens (primary N) is 1. The van der Waals surface area contributed by atoms with Crippen molar-refractivity contribution in [3.63, 3.8) is 0 Å². The van der Waals surface area contributed by atoms with Gasteiger partial charge in [-0.25, -0.2) is 4.79 Å². The number of rotatable bonds is 2. The van der Waals surface area contributed by atoms with E-state index in [1.165, 1.54) is 0 Å². The van der Waals surface area contributed by atoms with Crippen LogP contribution in [-0.4, -0.2) is 29.7 Å². The van der Waals surface area contributed by atoms with E-state index in [4.69, 9.17) is 15.2 Å². The highest BCUT2D eigenvalue weighted by Gasteiger charge is 2.73. The Morgan fingerprint density at radius 2 is 2.28 bits per heavy atom. The third-order valence-corrected chi connectivity index (χ3v) is 4.72. The largest absolute Gasteiger partial charge is 0.457 e. The van der Waals surface area contributed by atoms with Gasteiger partial charge in [-0.05, 0) is 19.3 Å². The van der Waals surface area contributed by atoms with Crippen molar-refractivity contribution in [1.82, 2.24) is 0 Å². The fourth-order valence-electron chi connectivity index (χ4n) is 3.87. The standard InChI is InChI=1S/C13H17NO4/c1-5(2)11(15)17-9-7-4-13(14)8(6(7)3)10(9)18-12(13)16/h6-10H,1,4,14H2,2-3H3/t6-,7?,8?,9?,10?,13?/m0/s1. The van der Waals surface area contributed by atoms with Crippen LogP contribution in [0.3, 0.4) is 0 Å². The highest BCUT2D eigenvalue weighted by Crippen LogP contribution is 2.59. The molecule has 0 radical (unpaired) electrons. The third kappa shape index (κ3) is 1.20. The van der Waals surface area contributed by atoms with Gasteiger partial charge in [0.05, 0.1) is 0 Å². The van der Waals surface area contributed by atoms with E-state index in [2.05, 4.69) is 6.58 Å². The maximum absolute atomic E-state index is 11.8. The monoisotopic (exact) mass is 251 g/mol. The van der Waals surface area contributed by atoms with Gasteiger partial charge in [-0.3, -0.25) is 4.79 Å². The van der Waals surface area contributed by atoms with E-state index >= 15 is 0 Å². The minimum absolute atomic E-state index is 0.0297. The quantitative estimate of drug-likeness (QED) is 0.567. The number of hydrogen-bond acceptors (Lipinski definition) is 5. The summed E-state index contributed by atoms with van der Waals surface area (Å²) >= 11 is 0. The number of fused-ring (bicyclic) bond motifs is 1. The zero-order valence-electron chi connectivity index (χ0n) is 10.5. The molecule has 2 N–H and O–H groups in total. The van der Waals surface area contributed by atoms with Crippen molar-refractivity contribution in [3.05, 3.63) is 12.2 Å². The van der Waals surface area contributed by atoms with Crippen molar-refractivity contribution in [2.24, 2.45) is 23.5 Å². The van der Waals surface area contributed by atoms with Crippen molar-refractivity contribution in [2.75, 3.05) is 0 Å². The topological polar surface area (TPSA) is 78.6 Å². The summed E-state index contributed by atoms with van der Waals surface area (Å²) in [6.07, 6.45) is -0.195. The number of carbonyl (C=O) groups is 2. The van der Waals surface area contributed by atoms with Crippen LogP contribution in [0.4, 0.5) is 0 Å². The maximum atomic E-state index is 11.8. The molecule has 1 heterocycles. The van der Waals surface area contributed by atoms with Crippen LogP contribution in [-0.2, 0) is 19.1 Å². The average Bonchev–Trinajstić information content (AvgIpc) is 2.76. The summed E-state index contributed by atoms with van der Waals surface area (Å²) in [6, 6.07) is 0. The number of ether oxygens (including phenoxy) is 2. The summed E-state index contributed by atoms with van der Waals surface area (Å²) < 4.78 is 10.8. The lowest BCUT2D eigenvalue weighted by Gasteiger charge is -2.28. The second-order valence-electron chi connectivity index (χ2n) is 5.81. The normalized spacial score (nSPS) is 48.2. The molecule has 3 aliphatic rings. The summed E-state index contributed by atoms with van der Waals surface area (Å²) in [5.74, 6) is -0.446. The van der Waals surface area contributed by atoms with Crippen LogP contribution in [0.5, 0.6) is 0 Å². The predicted octanol–water partition coefficient (Wildman–Crippen LogP) is 0.383. The van der Waals surface area contributed by atoms with Crippen LogP contribution in [0.15, 0.2) is 12.2 Å². The first-order valence-electron chi connectivity index (χ1n) is 6.22. The lowest BCUT2D eigenvalue weighted by molar-refractivity contribution is -0.158. The Bertz CT molecular complexity index is 460. The zero-order valence-corrected chi connectivity index (χ0v) is 10.5. The highest BCUT2D eigenvalue weighted by atomic mass is 16.6. The van der Waals surface area contributed by atoms with E-state index in [1.807, 2.05) is 6.92 Å². The minimum atomic E-state index is -0.860. The Hall–Kier alpha value is -1.36. The Morgan fingerprint density at radius 1 is 1.61 bits per heavy atom. The fourth-order valence-corrected chi connectivity index (χ4v) is 3.87. The average molecular weight is 251 g/mol. The molecule has 0 aromatic carbocycles. The first-order chi connectivity index (χ1) is 8.36. The molecule has 98 valence electrons. The van der Waals surface area contributed by atoms with E-state index < -0.39 is 11.5 Å². The van der Waals surface area contributed by atoms with Crippen molar-refractivity contribution in [2.45, 2.75) is 38.0 Å². The molecular formula is C13H17NO4. The van der Waals surface area contributed by atoms with Crippen molar-refractivity contribution >= 4 is 11.9 Å². The van der Waals surface area contributed by atoms with Gasteiger partial charge in [-0.2, -0.15) is 0 Å². The number of esters is 2. The van der Waals surface area contributed by atoms with E-state index in [9.17, 15) is 9.59 Å². The van der Waals surface area contributed by atoms with Crippen LogP contribution >= 0.6 is 0 Å². The van der Waals surface area contributed by atoms with Crippen molar-refractivity contribution < 1.29 is 19.1 Å². The Balaban J connectivity index is 1.87. The second kappa shape index (κ2) is 3.35. The lowest BCUT2D eigenvalue weighted by atomic mass is 9.81. The molecule has 2 aliphatic carbocycles. The molecule has 0 aromatic rings. The van der Waals surface area contributed by atoms with E-state index in [0.717, 1.165) is 0 Å². The van der Waals surface area contributed by atoms with Gasteiger partial charge in [0, 0.05) is 17.4 Å². The minimum Gasteiger partial charge on any atom is -0.457 e. The Morgan fingerprint density at radius 3 is 2.89 bits per heavy atom. The molecule has 0 spiro atoms. The highest BCUT2D eigenvalue weighted by molar-refractivity contribution is 5.88. The Kier molecular flexibility index (Phi) is 2.18. The third-order valence-electron chi connectivity index (χ3n) is 4.72. The van der Waals surface area contributed by atoms with Gasteiger partial charge in [0.1, 0.15) is 17.7 Å². The van der Waals surface area contributed by atoms with Crippen LogP contribution in [0, 0.1) is 17.8 Å². The van der Waals surface area contributed by atoms with Crippen LogP contribution in [0.25, 0.3) is 0 Å². The predicted molar refractivity (Wildman–Crippen MR) is 62.3 cm³/mol. The lowest BCUT2D eigenvalue weighted by Crippen LogP contribution is -2.51. The molecule has 3 rings (SSSR count). The summed E-state index contributed by atoms with van der Waals surface area (Å²) in [5.41, 5.74) is 5.63. The summed E-state index contributed by atoms with van der Waals surface area (Å²) in [5, 5.41) is 0. The van der Waals surface area contributed by atoms with Crippen LogP contribution < -0.4 is 5.73 Å². The first kappa shape index (κ1) is 11.7. The van der Waals surface area contributed by atoms with Gasteiger partial charge < -0.3 is 15.2 Å². The zero-order chi connectivity index (χ0) is 13.2.